The maximum Gasteiger partial charge on any atom is 0.405 e. The van der Waals surface area contributed by atoms with Gasteiger partial charge in [-0.1, -0.05) is 66.7 Å². The lowest BCUT2D eigenvalue weighted by atomic mass is 9.87. The summed E-state index contributed by atoms with van der Waals surface area (Å²) in [6.45, 7) is 1.79. The van der Waals surface area contributed by atoms with E-state index in [4.69, 9.17) is 0 Å². The molecule has 1 aliphatic heterocycles. The highest BCUT2D eigenvalue weighted by Gasteiger charge is 2.40. The van der Waals surface area contributed by atoms with Crippen LogP contribution in [0.25, 0.3) is 22.3 Å². The molecule has 244 valence electrons. The normalized spacial score (nSPS) is 16.3. The highest BCUT2D eigenvalue weighted by Crippen LogP contribution is 2.53. The summed E-state index contributed by atoms with van der Waals surface area (Å²) in [6, 6.07) is 26.3. The Morgan fingerprint density at radius 2 is 1.57 bits per heavy atom. The zero-order valence-electron chi connectivity index (χ0n) is 26.2. The van der Waals surface area contributed by atoms with Crippen LogP contribution >= 0.6 is 0 Å². The second-order valence-electron chi connectivity index (χ2n) is 12.4. The summed E-state index contributed by atoms with van der Waals surface area (Å²) < 4.78 is 39.9. The van der Waals surface area contributed by atoms with Crippen LogP contribution in [0.3, 0.4) is 0 Å². The van der Waals surface area contributed by atoms with Crippen LogP contribution in [-0.4, -0.2) is 48.8 Å². The molecular weight excluding hydrogens is 603 g/mol. The minimum absolute atomic E-state index is 0.337. The smallest absolute Gasteiger partial charge is 0.393 e. The number of anilines is 2. The number of nitrogens with zero attached hydrogens (tertiary/aromatic N) is 1. The number of benzene rings is 4. The molecular formula is C38H38F3N3O3. The van der Waals surface area contributed by atoms with Gasteiger partial charge in [0.05, 0.1) is 17.7 Å². The van der Waals surface area contributed by atoms with Crippen molar-refractivity contribution in [3.8, 4) is 22.3 Å². The van der Waals surface area contributed by atoms with Crippen molar-refractivity contribution in [2.24, 2.45) is 0 Å². The Morgan fingerprint density at radius 1 is 0.915 bits per heavy atom. The Hall–Kier alpha value is -4.63. The van der Waals surface area contributed by atoms with E-state index in [1.165, 1.54) is 0 Å². The van der Waals surface area contributed by atoms with Gasteiger partial charge in [0.2, 0.25) is 5.91 Å². The molecule has 0 saturated carbocycles. The van der Waals surface area contributed by atoms with Gasteiger partial charge in [0.1, 0.15) is 6.54 Å². The predicted octanol–water partition coefficient (Wildman–Crippen LogP) is 7.70. The predicted molar refractivity (Wildman–Crippen MR) is 179 cm³/mol. The fraction of sp³-hybridized carbons (Fsp3) is 0.316. The molecule has 47 heavy (non-hydrogen) atoms. The number of nitrogens with one attached hydrogen (secondary N) is 2. The zero-order valence-corrected chi connectivity index (χ0v) is 26.2. The van der Waals surface area contributed by atoms with Crippen LogP contribution in [0, 0.1) is 0 Å². The van der Waals surface area contributed by atoms with Crippen molar-refractivity contribution in [2.45, 2.75) is 57.2 Å². The first-order valence-corrected chi connectivity index (χ1v) is 16.1. The van der Waals surface area contributed by atoms with E-state index in [0.29, 0.717) is 46.3 Å². The molecule has 1 saturated heterocycles. The largest absolute Gasteiger partial charge is 0.405 e. The standard InChI is InChI=1S/C38H38F3N3O3/c1-24(45)14-19-30-32(44-20-8-3-9-21-44)22-31(43-36(46)27-17-15-26(16-18-27)25-10-4-2-5-11-25)33-28-12-6-7-13-29(28)35(34(30)33)37(47)42-23-38(39,40)41/h2,4-7,10-13,15-18,22,24,35,45H,3,8-9,14,19-21,23H2,1H3,(H,42,47)(H,43,46). The summed E-state index contributed by atoms with van der Waals surface area (Å²) in [7, 11) is 0. The van der Waals surface area contributed by atoms with Crippen molar-refractivity contribution in [3.05, 3.63) is 107 Å². The molecule has 3 N–H and O–H groups in total. The third kappa shape index (κ3) is 7.05. The van der Waals surface area contributed by atoms with Crippen molar-refractivity contribution in [2.75, 3.05) is 29.9 Å². The van der Waals surface area contributed by atoms with Crippen LogP contribution in [0.15, 0.2) is 84.9 Å². The van der Waals surface area contributed by atoms with Crippen molar-refractivity contribution < 1.29 is 27.9 Å². The topological polar surface area (TPSA) is 81.7 Å². The number of rotatable bonds is 9. The summed E-state index contributed by atoms with van der Waals surface area (Å²) in [5, 5.41) is 15.6. The minimum atomic E-state index is -4.57. The highest BCUT2D eigenvalue weighted by molar-refractivity contribution is 6.10. The zero-order chi connectivity index (χ0) is 33.1. The van der Waals surface area contributed by atoms with Gasteiger partial charge in [0, 0.05) is 29.9 Å². The van der Waals surface area contributed by atoms with Crippen LogP contribution in [0.5, 0.6) is 0 Å². The molecule has 4 aromatic carbocycles. The van der Waals surface area contributed by atoms with Gasteiger partial charge in [-0.05, 0) is 90.6 Å². The van der Waals surface area contributed by atoms with Gasteiger partial charge >= 0.3 is 6.18 Å². The van der Waals surface area contributed by atoms with Crippen LogP contribution in [0.4, 0.5) is 24.5 Å². The number of amides is 2. The van der Waals surface area contributed by atoms with Gasteiger partial charge in [-0.25, -0.2) is 0 Å². The molecule has 1 aliphatic carbocycles. The average molecular weight is 642 g/mol. The highest BCUT2D eigenvalue weighted by atomic mass is 19.4. The number of hydrogen-bond donors (Lipinski definition) is 3. The van der Waals surface area contributed by atoms with Crippen LogP contribution in [0.1, 0.15) is 65.6 Å². The fourth-order valence-electron chi connectivity index (χ4n) is 6.80. The van der Waals surface area contributed by atoms with Gasteiger partial charge < -0.3 is 20.6 Å². The SMILES string of the molecule is CC(O)CCc1c(N2CCCCC2)cc(NC(=O)c2ccc(-c3ccccc3)cc2)c2c1C(C(=O)NCC(F)(F)F)c1ccccc1-2. The lowest BCUT2D eigenvalue weighted by Crippen LogP contribution is -2.37. The van der Waals surface area contributed by atoms with E-state index in [9.17, 15) is 27.9 Å². The molecule has 1 heterocycles. The Morgan fingerprint density at radius 3 is 2.26 bits per heavy atom. The lowest BCUT2D eigenvalue weighted by Gasteiger charge is -2.33. The maximum atomic E-state index is 13.8. The van der Waals surface area contributed by atoms with Gasteiger partial charge in [0.25, 0.3) is 5.91 Å². The molecule has 0 radical (unpaired) electrons. The molecule has 0 bridgehead atoms. The van der Waals surface area contributed by atoms with E-state index in [0.717, 1.165) is 54.7 Å². The molecule has 0 aromatic heterocycles. The average Bonchev–Trinajstić information content (AvgIpc) is 3.42. The van der Waals surface area contributed by atoms with E-state index in [-0.39, 0.29) is 5.91 Å². The molecule has 4 aromatic rings. The van der Waals surface area contributed by atoms with Gasteiger partial charge in [-0.3, -0.25) is 9.59 Å². The molecule has 2 atom stereocenters. The number of carbonyl (C=O) groups excluding carboxylic acids is 2. The first-order valence-electron chi connectivity index (χ1n) is 16.1. The monoisotopic (exact) mass is 641 g/mol. The van der Waals surface area contributed by atoms with Crippen molar-refractivity contribution in [3.63, 3.8) is 0 Å². The first kappa shape index (κ1) is 32.3. The van der Waals surface area contributed by atoms with E-state index >= 15 is 0 Å². The van der Waals surface area contributed by atoms with Crippen molar-refractivity contribution >= 4 is 23.2 Å². The van der Waals surface area contributed by atoms with Crippen molar-refractivity contribution in [1.29, 1.82) is 0 Å². The Labute approximate surface area is 272 Å². The van der Waals surface area contributed by atoms with E-state index in [1.807, 2.05) is 60.7 Å². The number of halogens is 3. The van der Waals surface area contributed by atoms with Gasteiger partial charge in [-0.15, -0.1) is 0 Å². The minimum Gasteiger partial charge on any atom is -0.393 e. The number of aliphatic hydroxyl groups is 1. The Bertz CT molecular complexity index is 1750. The van der Waals surface area contributed by atoms with Crippen LogP contribution < -0.4 is 15.5 Å². The van der Waals surface area contributed by atoms with E-state index in [2.05, 4.69) is 15.5 Å². The number of alkyl halides is 3. The first-order chi connectivity index (χ1) is 22.6. The summed E-state index contributed by atoms with van der Waals surface area (Å²) in [6.07, 6.45) is -1.36. The number of aliphatic hydroxyl groups excluding tert-OH is 1. The molecule has 9 heteroatoms. The van der Waals surface area contributed by atoms with Crippen molar-refractivity contribution in [1.82, 2.24) is 5.32 Å². The Kier molecular flexibility index (Phi) is 9.36. The third-order valence-electron chi connectivity index (χ3n) is 9.02. The number of hydrogen-bond acceptors (Lipinski definition) is 4. The Balaban J connectivity index is 1.48. The molecule has 0 spiro atoms. The second-order valence-corrected chi connectivity index (χ2v) is 12.4. The molecule has 2 aliphatic rings. The number of fused-ring (bicyclic) bond motifs is 3. The summed E-state index contributed by atoms with van der Waals surface area (Å²) in [5.74, 6) is -2.11. The molecule has 2 amide bonds. The van der Waals surface area contributed by atoms with E-state index in [1.54, 1.807) is 31.2 Å². The number of carbonyl (C=O) groups is 2. The van der Waals surface area contributed by atoms with Crippen LogP contribution in [0.2, 0.25) is 0 Å². The lowest BCUT2D eigenvalue weighted by molar-refractivity contribution is -0.138. The molecule has 6 rings (SSSR count). The summed E-state index contributed by atoms with van der Waals surface area (Å²) in [4.78, 5) is 29.8. The molecule has 6 nitrogen and oxygen atoms in total. The van der Waals surface area contributed by atoms with Gasteiger partial charge in [-0.2, -0.15) is 13.2 Å². The third-order valence-corrected chi connectivity index (χ3v) is 9.02. The van der Waals surface area contributed by atoms with Gasteiger partial charge in [0.15, 0.2) is 0 Å². The number of piperidine rings is 1. The fourth-order valence-corrected chi connectivity index (χ4v) is 6.80. The molecule has 2 unspecified atom stereocenters. The maximum absolute atomic E-state index is 13.8. The summed E-state index contributed by atoms with van der Waals surface area (Å²) in [5.41, 5.74) is 7.08. The van der Waals surface area contributed by atoms with Crippen LogP contribution in [-0.2, 0) is 11.2 Å². The molecule has 1 fully saturated rings. The quantitative estimate of drug-likeness (QED) is 0.175. The van der Waals surface area contributed by atoms with E-state index < -0.39 is 30.7 Å². The second kappa shape index (κ2) is 13.6. The summed E-state index contributed by atoms with van der Waals surface area (Å²) >= 11 is 0.